The van der Waals surface area contributed by atoms with Crippen molar-refractivity contribution in [3.8, 4) is 5.13 Å². The molecule has 0 bridgehead atoms. The lowest BCUT2D eigenvalue weighted by Gasteiger charge is -2.03. The lowest BCUT2D eigenvalue weighted by Crippen LogP contribution is -2.06. The summed E-state index contributed by atoms with van der Waals surface area (Å²) < 4.78 is 6.78. The van der Waals surface area contributed by atoms with Gasteiger partial charge in [0.25, 0.3) is 0 Å². The molecule has 0 spiro atoms. The Kier molecular flexibility index (Phi) is 6.40. The van der Waals surface area contributed by atoms with E-state index in [0.717, 1.165) is 42.2 Å². The Hall–Kier alpha value is -2.47. The second-order valence-corrected chi connectivity index (χ2v) is 7.43. The summed E-state index contributed by atoms with van der Waals surface area (Å²) in [6.07, 6.45) is 5.84. The number of rotatable bonds is 8. The van der Waals surface area contributed by atoms with Crippen molar-refractivity contribution in [1.29, 1.82) is 0 Å². The average molecular weight is 384 g/mol. The van der Waals surface area contributed by atoms with Crippen LogP contribution in [-0.4, -0.2) is 27.3 Å². The van der Waals surface area contributed by atoms with Gasteiger partial charge in [-0.05, 0) is 52.0 Å². The van der Waals surface area contributed by atoms with Crippen molar-refractivity contribution >= 4 is 17.3 Å². The summed E-state index contributed by atoms with van der Waals surface area (Å²) in [6, 6.07) is 8.69. The van der Waals surface area contributed by atoms with Crippen molar-refractivity contribution in [2.45, 2.75) is 46.5 Å². The predicted molar refractivity (Wildman–Crippen MR) is 108 cm³/mol. The lowest BCUT2D eigenvalue weighted by molar-refractivity contribution is 0.0525. The number of thiazole rings is 1. The standard InChI is InChI=1S/C21H25N3O2S/c1-4-26-20(25)19-13-22-24(16(19)3)21-23-18(14-27-21)11-6-5-9-17-10-7-8-15(2)12-17/h7-8,10,12-14H,4-6,9,11H2,1-3H3. The van der Waals surface area contributed by atoms with Crippen molar-refractivity contribution < 1.29 is 9.53 Å². The van der Waals surface area contributed by atoms with Crippen LogP contribution in [0.5, 0.6) is 0 Å². The van der Waals surface area contributed by atoms with Crippen LogP contribution in [0.4, 0.5) is 0 Å². The number of ether oxygens (including phenoxy) is 1. The van der Waals surface area contributed by atoms with E-state index < -0.39 is 0 Å². The summed E-state index contributed by atoms with van der Waals surface area (Å²) in [4.78, 5) is 16.6. The highest BCUT2D eigenvalue weighted by atomic mass is 32.1. The fraction of sp³-hybridized carbons (Fsp3) is 0.381. The average Bonchev–Trinajstić information content (AvgIpc) is 3.25. The molecule has 0 fully saturated rings. The largest absolute Gasteiger partial charge is 0.462 e. The van der Waals surface area contributed by atoms with Gasteiger partial charge in [0.15, 0.2) is 0 Å². The highest BCUT2D eigenvalue weighted by molar-refractivity contribution is 7.12. The summed E-state index contributed by atoms with van der Waals surface area (Å²) >= 11 is 1.55. The second-order valence-electron chi connectivity index (χ2n) is 6.59. The molecule has 3 aromatic rings. The maximum atomic E-state index is 11.9. The number of esters is 1. The Morgan fingerprint density at radius 3 is 2.81 bits per heavy atom. The number of hydrogen-bond acceptors (Lipinski definition) is 5. The van der Waals surface area contributed by atoms with Gasteiger partial charge in [-0.2, -0.15) is 5.10 Å². The van der Waals surface area contributed by atoms with E-state index in [9.17, 15) is 4.79 Å². The van der Waals surface area contributed by atoms with Crippen LogP contribution < -0.4 is 0 Å². The summed E-state index contributed by atoms with van der Waals surface area (Å²) in [5.74, 6) is -0.339. The molecule has 0 atom stereocenters. The third kappa shape index (κ3) is 4.83. The summed E-state index contributed by atoms with van der Waals surface area (Å²) in [5.41, 5.74) is 5.04. The SMILES string of the molecule is CCOC(=O)c1cnn(-c2nc(CCCCc3cccc(C)c3)cs2)c1C. The van der Waals surface area contributed by atoms with Crippen molar-refractivity contribution in [3.05, 3.63) is 63.9 Å². The van der Waals surface area contributed by atoms with Gasteiger partial charge in [-0.25, -0.2) is 14.5 Å². The van der Waals surface area contributed by atoms with Crippen LogP contribution in [0.25, 0.3) is 5.13 Å². The molecule has 2 heterocycles. The van der Waals surface area contributed by atoms with Crippen molar-refractivity contribution in [3.63, 3.8) is 0 Å². The molecule has 0 amide bonds. The zero-order valence-corrected chi connectivity index (χ0v) is 16.9. The Labute approximate surface area is 164 Å². The maximum Gasteiger partial charge on any atom is 0.341 e. The molecule has 0 aliphatic heterocycles. The number of unbranched alkanes of at least 4 members (excludes halogenated alkanes) is 1. The van der Waals surface area contributed by atoms with Crippen LogP contribution in [0.15, 0.2) is 35.8 Å². The molecule has 0 saturated heterocycles. The van der Waals surface area contributed by atoms with Gasteiger partial charge in [-0.1, -0.05) is 29.8 Å². The minimum atomic E-state index is -0.339. The minimum absolute atomic E-state index is 0.339. The van der Waals surface area contributed by atoms with Crippen LogP contribution in [0.1, 0.15) is 52.6 Å². The first kappa shape index (κ1) is 19.3. The van der Waals surface area contributed by atoms with Crippen LogP contribution in [0, 0.1) is 13.8 Å². The Bertz CT molecular complexity index is 914. The number of nitrogens with zero attached hydrogens (tertiary/aromatic N) is 3. The quantitative estimate of drug-likeness (QED) is 0.418. The third-order valence-electron chi connectivity index (χ3n) is 4.46. The van der Waals surface area contributed by atoms with Crippen LogP contribution in [-0.2, 0) is 17.6 Å². The molecule has 0 N–H and O–H groups in total. The van der Waals surface area contributed by atoms with Gasteiger partial charge in [0.1, 0.15) is 5.56 Å². The number of carbonyl (C=O) groups is 1. The summed E-state index contributed by atoms with van der Waals surface area (Å²) in [6.45, 7) is 6.14. The number of hydrogen-bond donors (Lipinski definition) is 0. The van der Waals surface area contributed by atoms with E-state index in [1.807, 2.05) is 6.92 Å². The highest BCUT2D eigenvalue weighted by Crippen LogP contribution is 2.20. The van der Waals surface area contributed by atoms with Gasteiger partial charge in [0.05, 0.1) is 24.2 Å². The van der Waals surface area contributed by atoms with Gasteiger partial charge in [0, 0.05) is 5.38 Å². The molecule has 1 aromatic carbocycles. The molecule has 0 aliphatic carbocycles. The first-order valence-electron chi connectivity index (χ1n) is 9.30. The van der Waals surface area contributed by atoms with E-state index in [2.05, 4.69) is 46.7 Å². The zero-order chi connectivity index (χ0) is 19.2. The topological polar surface area (TPSA) is 57.0 Å². The minimum Gasteiger partial charge on any atom is -0.462 e. The molecule has 3 rings (SSSR count). The third-order valence-corrected chi connectivity index (χ3v) is 5.32. The van der Waals surface area contributed by atoms with Crippen LogP contribution in [0.2, 0.25) is 0 Å². The molecule has 0 aliphatic rings. The van der Waals surface area contributed by atoms with Gasteiger partial charge in [0.2, 0.25) is 5.13 Å². The Balaban J connectivity index is 1.56. The molecular weight excluding hydrogens is 358 g/mol. The van der Waals surface area contributed by atoms with E-state index >= 15 is 0 Å². The van der Waals surface area contributed by atoms with Crippen molar-refractivity contribution in [2.24, 2.45) is 0 Å². The fourth-order valence-electron chi connectivity index (χ4n) is 3.02. The molecule has 142 valence electrons. The van der Waals surface area contributed by atoms with Gasteiger partial charge < -0.3 is 4.74 Å². The van der Waals surface area contributed by atoms with E-state index in [-0.39, 0.29) is 5.97 Å². The van der Waals surface area contributed by atoms with Gasteiger partial charge in [-0.3, -0.25) is 0 Å². The predicted octanol–water partition coefficient (Wildman–Crippen LogP) is 4.69. The molecule has 0 saturated carbocycles. The Morgan fingerprint density at radius 2 is 2.04 bits per heavy atom. The molecule has 27 heavy (non-hydrogen) atoms. The summed E-state index contributed by atoms with van der Waals surface area (Å²) in [7, 11) is 0. The zero-order valence-electron chi connectivity index (χ0n) is 16.1. The lowest BCUT2D eigenvalue weighted by atomic mass is 10.0. The van der Waals surface area contributed by atoms with E-state index in [0.29, 0.717) is 12.2 Å². The normalized spacial score (nSPS) is 10.9. The number of aromatic nitrogens is 3. The first-order valence-corrected chi connectivity index (χ1v) is 10.2. The Morgan fingerprint density at radius 1 is 1.22 bits per heavy atom. The highest BCUT2D eigenvalue weighted by Gasteiger charge is 2.17. The van der Waals surface area contributed by atoms with Gasteiger partial charge >= 0.3 is 5.97 Å². The van der Waals surface area contributed by atoms with Crippen LogP contribution >= 0.6 is 11.3 Å². The fourth-order valence-corrected chi connectivity index (χ4v) is 3.89. The molecular formula is C21H25N3O2S. The van der Waals surface area contributed by atoms with E-state index in [4.69, 9.17) is 4.74 Å². The van der Waals surface area contributed by atoms with Crippen LogP contribution in [0.3, 0.4) is 0 Å². The molecule has 0 unspecified atom stereocenters. The number of benzene rings is 1. The molecule has 6 heteroatoms. The van der Waals surface area contributed by atoms with Crippen molar-refractivity contribution in [2.75, 3.05) is 6.61 Å². The monoisotopic (exact) mass is 383 g/mol. The maximum absolute atomic E-state index is 11.9. The first-order chi connectivity index (χ1) is 13.1. The van der Waals surface area contributed by atoms with Gasteiger partial charge in [-0.15, -0.1) is 11.3 Å². The molecule has 5 nitrogen and oxygen atoms in total. The number of aryl methyl sites for hydroxylation is 3. The molecule has 0 radical (unpaired) electrons. The summed E-state index contributed by atoms with van der Waals surface area (Å²) in [5, 5.41) is 7.18. The molecule has 2 aromatic heterocycles. The smallest absolute Gasteiger partial charge is 0.341 e. The van der Waals surface area contributed by atoms with Crippen molar-refractivity contribution in [1.82, 2.24) is 14.8 Å². The van der Waals surface area contributed by atoms with E-state index in [1.165, 1.54) is 11.1 Å². The van der Waals surface area contributed by atoms with E-state index in [1.54, 1.807) is 29.1 Å². The number of carbonyl (C=O) groups excluding carboxylic acids is 1. The second kappa shape index (κ2) is 8.95.